The first-order chi connectivity index (χ1) is 9.24. The number of rotatable bonds is 5. The number of hydrogen-bond acceptors (Lipinski definition) is 4. The Morgan fingerprint density at radius 1 is 1.47 bits per heavy atom. The summed E-state index contributed by atoms with van der Waals surface area (Å²) in [6.45, 7) is 4.90. The van der Waals surface area contributed by atoms with Crippen LogP contribution in [0.3, 0.4) is 0 Å². The molecule has 2 rings (SSSR count). The van der Waals surface area contributed by atoms with Crippen LogP contribution in [0.2, 0.25) is 0 Å². The zero-order chi connectivity index (χ0) is 13.7. The number of hydrogen-bond donors (Lipinski definition) is 3. The van der Waals surface area contributed by atoms with Gasteiger partial charge >= 0.3 is 0 Å². The average Bonchev–Trinajstić information content (AvgIpc) is 2.79. The molecule has 0 saturated heterocycles. The first kappa shape index (κ1) is 13.5. The minimum absolute atomic E-state index is 0.246. The summed E-state index contributed by atoms with van der Waals surface area (Å²) in [6.07, 6.45) is 9.18. The zero-order valence-electron chi connectivity index (χ0n) is 11.0. The summed E-state index contributed by atoms with van der Waals surface area (Å²) in [5.74, 6) is 0.246. The van der Waals surface area contributed by atoms with Crippen LogP contribution in [0.15, 0.2) is 40.7 Å². The molecule has 0 fully saturated rings. The first-order valence-electron chi connectivity index (χ1n) is 6.14. The van der Waals surface area contributed by atoms with E-state index in [4.69, 9.17) is 0 Å². The normalized spacial score (nSPS) is 11.1. The number of aromatic hydroxyl groups is 1. The summed E-state index contributed by atoms with van der Waals surface area (Å²) in [4.78, 5) is 8.04. The molecule has 0 bridgehead atoms. The monoisotopic (exact) mass is 275 g/mol. The zero-order valence-corrected chi connectivity index (χ0v) is 11.8. The van der Waals surface area contributed by atoms with Crippen molar-refractivity contribution in [1.29, 1.82) is 0 Å². The molecule has 0 aliphatic heterocycles. The van der Waals surface area contributed by atoms with Crippen molar-refractivity contribution >= 4 is 23.5 Å². The van der Waals surface area contributed by atoms with Gasteiger partial charge < -0.3 is 15.4 Å². The van der Waals surface area contributed by atoms with Crippen LogP contribution >= 0.6 is 11.8 Å². The van der Waals surface area contributed by atoms with E-state index in [0.717, 1.165) is 27.7 Å². The van der Waals surface area contributed by atoms with Crippen LogP contribution in [0.1, 0.15) is 19.4 Å². The summed E-state index contributed by atoms with van der Waals surface area (Å²) in [7, 11) is 0. The Hall–Kier alpha value is -1.88. The third-order valence-electron chi connectivity index (χ3n) is 2.53. The molecule has 2 heterocycles. The molecule has 0 aliphatic rings. The molecule has 0 unspecified atom stereocenters. The topological polar surface area (TPSA) is 60.9 Å². The first-order valence-corrected chi connectivity index (χ1v) is 6.96. The maximum Gasteiger partial charge on any atom is 0.146 e. The van der Waals surface area contributed by atoms with Crippen molar-refractivity contribution in [1.82, 2.24) is 9.97 Å². The van der Waals surface area contributed by atoms with Gasteiger partial charge in [0.2, 0.25) is 0 Å². The maximum absolute atomic E-state index is 9.62. The van der Waals surface area contributed by atoms with Crippen molar-refractivity contribution in [3.8, 4) is 5.75 Å². The Morgan fingerprint density at radius 2 is 2.32 bits per heavy atom. The molecule has 0 aliphatic carbocycles. The molecule has 2 aromatic heterocycles. The number of nitrogens with one attached hydrogen (secondary N) is 2. The number of H-pyrrole nitrogens is 1. The van der Waals surface area contributed by atoms with Crippen LogP contribution in [0.5, 0.6) is 5.75 Å². The fraction of sp³-hybridized carbons (Fsp3) is 0.214. The van der Waals surface area contributed by atoms with Gasteiger partial charge in [-0.2, -0.15) is 0 Å². The van der Waals surface area contributed by atoms with Gasteiger partial charge in [-0.05, 0) is 19.9 Å². The lowest BCUT2D eigenvalue weighted by molar-refractivity contribution is 0.464. The largest absolute Gasteiger partial charge is 0.505 e. The van der Waals surface area contributed by atoms with Gasteiger partial charge in [0.05, 0.1) is 16.8 Å². The summed E-state index contributed by atoms with van der Waals surface area (Å²) in [6, 6.07) is 2.01. The number of nitrogens with zero attached hydrogens (tertiary/aromatic N) is 1. The van der Waals surface area contributed by atoms with E-state index in [2.05, 4.69) is 22.2 Å². The number of pyridine rings is 1. The minimum Gasteiger partial charge on any atom is -0.505 e. The third kappa shape index (κ3) is 3.32. The van der Waals surface area contributed by atoms with Gasteiger partial charge in [0.15, 0.2) is 0 Å². The lowest BCUT2D eigenvalue weighted by Gasteiger charge is -2.09. The van der Waals surface area contributed by atoms with Gasteiger partial charge in [0.25, 0.3) is 0 Å². The number of allylic oxidation sites excluding steroid dienone is 1. The Balaban J connectivity index is 2.27. The van der Waals surface area contributed by atoms with Crippen LogP contribution in [-0.4, -0.2) is 21.6 Å². The molecule has 0 saturated carbocycles. The molecule has 4 nitrogen and oxygen atoms in total. The minimum atomic E-state index is 0.246. The smallest absolute Gasteiger partial charge is 0.146 e. The molecule has 19 heavy (non-hydrogen) atoms. The third-order valence-corrected chi connectivity index (χ3v) is 3.51. The van der Waals surface area contributed by atoms with Gasteiger partial charge in [-0.15, -0.1) is 0 Å². The second-order valence-electron chi connectivity index (χ2n) is 3.95. The highest BCUT2D eigenvalue weighted by molar-refractivity contribution is 7.99. The van der Waals surface area contributed by atoms with E-state index in [1.165, 1.54) is 11.8 Å². The van der Waals surface area contributed by atoms with Crippen molar-refractivity contribution in [3.05, 3.63) is 36.3 Å². The standard InChI is InChI=1S/C14H17N3OS/c1-3-5-10-6-14(17-7-11(10)16-4-2)19-13-9-15-8-12(13)18/h3,5-9,15-16,18H,4H2,1-2H3. The van der Waals surface area contributed by atoms with E-state index in [0.29, 0.717) is 0 Å². The van der Waals surface area contributed by atoms with Gasteiger partial charge in [0, 0.05) is 24.5 Å². The van der Waals surface area contributed by atoms with E-state index >= 15 is 0 Å². The highest BCUT2D eigenvalue weighted by atomic mass is 32.2. The van der Waals surface area contributed by atoms with Crippen molar-refractivity contribution < 1.29 is 5.11 Å². The SMILES string of the molecule is CC=Cc1cc(Sc2c[nH]cc2O)ncc1NCC. The predicted octanol–water partition coefficient (Wildman–Crippen LogP) is 3.73. The Labute approximate surface area is 117 Å². The molecule has 0 radical (unpaired) electrons. The maximum atomic E-state index is 9.62. The lowest BCUT2D eigenvalue weighted by atomic mass is 10.2. The second-order valence-corrected chi connectivity index (χ2v) is 5.01. The van der Waals surface area contributed by atoms with Crippen molar-refractivity contribution in [2.24, 2.45) is 0 Å². The summed E-state index contributed by atoms with van der Waals surface area (Å²) < 4.78 is 0. The molecule has 2 aromatic rings. The fourth-order valence-corrected chi connectivity index (χ4v) is 2.51. The van der Waals surface area contributed by atoms with E-state index < -0.39 is 0 Å². The molecular formula is C14H17N3OS. The molecule has 0 spiro atoms. The van der Waals surface area contributed by atoms with Crippen LogP contribution in [0.4, 0.5) is 5.69 Å². The molecule has 0 atom stereocenters. The molecule has 0 amide bonds. The Morgan fingerprint density at radius 3 is 2.95 bits per heavy atom. The van der Waals surface area contributed by atoms with Gasteiger partial charge in [-0.25, -0.2) is 4.98 Å². The van der Waals surface area contributed by atoms with Crippen LogP contribution in [0, 0.1) is 0 Å². The van der Waals surface area contributed by atoms with E-state index in [1.807, 2.05) is 31.3 Å². The van der Waals surface area contributed by atoms with Crippen molar-refractivity contribution in [2.75, 3.05) is 11.9 Å². The fourth-order valence-electron chi connectivity index (χ4n) is 1.70. The van der Waals surface area contributed by atoms with Crippen LogP contribution in [-0.2, 0) is 0 Å². The molecule has 5 heteroatoms. The van der Waals surface area contributed by atoms with Gasteiger partial charge in [0.1, 0.15) is 10.8 Å². The van der Waals surface area contributed by atoms with E-state index in [1.54, 1.807) is 12.4 Å². The lowest BCUT2D eigenvalue weighted by Crippen LogP contribution is -1.99. The van der Waals surface area contributed by atoms with Crippen molar-refractivity contribution in [3.63, 3.8) is 0 Å². The predicted molar refractivity (Wildman–Crippen MR) is 79.7 cm³/mol. The molecule has 0 aromatic carbocycles. The van der Waals surface area contributed by atoms with E-state index in [9.17, 15) is 5.11 Å². The number of aromatic amines is 1. The summed E-state index contributed by atoms with van der Waals surface area (Å²) in [5, 5.41) is 13.7. The Kier molecular flexibility index (Phi) is 4.52. The highest BCUT2D eigenvalue weighted by Gasteiger charge is 2.07. The van der Waals surface area contributed by atoms with Crippen molar-refractivity contribution in [2.45, 2.75) is 23.8 Å². The van der Waals surface area contributed by atoms with Gasteiger partial charge in [-0.3, -0.25) is 0 Å². The molecule has 100 valence electrons. The summed E-state index contributed by atoms with van der Waals surface area (Å²) in [5.41, 5.74) is 2.11. The highest BCUT2D eigenvalue weighted by Crippen LogP contribution is 2.34. The van der Waals surface area contributed by atoms with Crippen LogP contribution < -0.4 is 5.32 Å². The van der Waals surface area contributed by atoms with E-state index in [-0.39, 0.29) is 5.75 Å². The number of anilines is 1. The van der Waals surface area contributed by atoms with Gasteiger partial charge in [-0.1, -0.05) is 23.9 Å². The molecular weight excluding hydrogens is 258 g/mol. The summed E-state index contributed by atoms with van der Waals surface area (Å²) >= 11 is 1.43. The van der Waals surface area contributed by atoms with Crippen LogP contribution in [0.25, 0.3) is 6.08 Å². The Bertz CT molecular complexity index is 578. The quantitative estimate of drug-likeness (QED) is 0.778. The average molecular weight is 275 g/mol. The second kappa shape index (κ2) is 6.33. The number of aromatic nitrogens is 2. The molecule has 3 N–H and O–H groups in total.